The molecule has 0 amide bonds. The molecule has 0 saturated carbocycles. The van der Waals surface area contributed by atoms with E-state index in [4.69, 9.17) is 14.2 Å². The van der Waals surface area contributed by atoms with Gasteiger partial charge in [0.1, 0.15) is 0 Å². The zero-order valence-corrected chi connectivity index (χ0v) is 14.4. The van der Waals surface area contributed by atoms with Gasteiger partial charge in [-0.05, 0) is 29.8 Å². The van der Waals surface area contributed by atoms with Crippen molar-refractivity contribution in [3.63, 3.8) is 0 Å². The molecule has 0 unspecified atom stereocenters. The van der Waals surface area contributed by atoms with Crippen LogP contribution in [0.1, 0.15) is 15.9 Å². The maximum atomic E-state index is 12.4. The molecule has 2 aromatic rings. The molecule has 0 radical (unpaired) electrons. The van der Waals surface area contributed by atoms with E-state index in [2.05, 4.69) is 0 Å². The van der Waals surface area contributed by atoms with Crippen molar-refractivity contribution in [1.29, 1.82) is 0 Å². The fraction of sp³-hybridized carbons (Fsp3) is 0.167. The molecule has 8 heteroatoms. The van der Waals surface area contributed by atoms with Gasteiger partial charge in [0.15, 0.2) is 23.0 Å². The molecule has 0 aliphatic rings. The summed E-state index contributed by atoms with van der Waals surface area (Å²) in [6, 6.07) is 6.85. The van der Waals surface area contributed by atoms with Crippen LogP contribution in [0, 0.1) is 10.1 Å². The third kappa shape index (κ3) is 3.92. The number of hydrogen-bond donors (Lipinski definition) is 1. The van der Waals surface area contributed by atoms with Crippen molar-refractivity contribution in [2.75, 3.05) is 21.3 Å². The SMILES string of the molecule is COc1cc(C(=O)C=Cc2ccc(O)c([N+](=O)[O-])c2)cc(OC)c1OC. The number of benzene rings is 2. The van der Waals surface area contributed by atoms with Gasteiger partial charge >= 0.3 is 5.69 Å². The van der Waals surface area contributed by atoms with Gasteiger partial charge in [-0.2, -0.15) is 0 Å². The number of carbonyl (C=O) groups is 1. The van der Waals surface area contributed by atoms with Crippen LogP contribution >= 0.6 is 0 Å². The number of nitro groups is 1. The van der Waals surface area contributed by atoms with Crippen LogP contribution in [0.2, 0.25) is 0 Å². The number of allylic oxidation sites excluding steroid dienone is 1. The first kappa shape index (κ1) is 18.8. The van der Waals surface area contributed by atoms with Gasteiger partial charge < -0.3 is 19.3 Å². The Labute approximate surface area is 149 Å². The van der Waals surface area contributed by atoms with Crippen LogP contribution in [0.5, 0.6) is 23.0 Å². The number of carbonyl (C=O) groups excluding carboxylic acids is 1. The van der Waals surface area contributed by atoms with Crippen LogP contribution in [-0.2, 0) is 0 Å². The predicted octanol–water partition coefficient (Wildman–Crippen LogP) is 3.22. The first-order valence-electron chi connectivity index (χ1n) is 7.41. The highest BCUT2D eigenvalue weighted by Gasteiger charge is 2.16. The Balaban J connectivity index is 2.34. The largest absolute Gasteiger partial charge is 0.502 e. The van der Waals surface area contributed by atoms with Crippen LogP contribution in [-0.4, -0.2) is 37.1 Å². The molecule has 2 rings (SSSR count). The van der Waals surface area contributed by atoms with Gasteiger partial charge in [-0.3, -0.25) is 14.9 Å². The van der Waals surface area contributed by atoms with Gasteiger partial charge in [0.05, 0.1) is 26.3 Å². The van der Waals surface area contributed by atoms with Crippen molar-refractivity contribution in [2.24, 2.45) is 0 Å². The second-order valence-electron chi connectivity index (χ2n) is 5.12. The molecule has 8 nitrogen and oxygen atoms in total. The molecule has 136 valence electrons. The minimum atomic E-state index is -0.701. The number of aromatic hydroxyl groups is 1. The topological polar surface area (TPSA) is 108 Å². The lowest BCUT2D eigenvalue weighted by atomic mass is 10.1. The summed E-state index contributed by atoms with van der Waals surface area (Å²) in [6.07, 6.45) is 2.68. The molecule has 0 aromatic heterocycles. The van der Waals surface area contributed by atoms with Gasteiger partial charge in [-0.1, -0.05) is 12.1 Å². The lowest BCUT2D eigenvalue weighted by molar-refractivity contribution is -0.385. The Kier molecular flexibility index (Phi) is 5.79. The van der Waals surface area contributed by atoms with Crippen molar-refractivity contribution >= 4 is 17.5 Å². The summed E-state index contributed by atoms with van der Waals surface area (Å²) in [5.74, 6) is 0.237. The summed E-state index contributed by atoms with van der Waals surface area (Å²) >= 11 is 0. The maximum Gasteiger partial charge on any atom is 0.311 e. The quantitative estimate of drug-likeness (QED) is 0.350. The average molecular weight is 359 g/mol. The van der Waals surface area contributed by atoms with E-state index in [1.807, 2.05) is 0 Å². The van der Waals surface area contributed by atoms with Crippen LogP contribution in [0.4, 0.5) is 5.69 Å². The third-order valence-corrected chi connectivity index (χ3v) is 3.57. The standard InChI is InChI=1S/C18H17NO7/c1-24-16-9-12(10-17(25-2)18(16)26-3)14(20)6-4-11-5-7-15(21)13(8-11)19(22)23/h4-10,21H,1-3H3. The van der Waals surface area contributed by atoms with E-state index in [1.165, 1.54) is 63.8 Å². The van der Waals surface area contributed by atoms with Gasteiger partial charge in [0.2, 0.25) is 5.75 Å². The summed E-state index contributed by atoms with van der Waals surface area (Å²) in [5.41, 5.74) is 0.256. The van der Waals surface area contributed by atoms with E-state index >= 15 is 0 Å². The molecular formula is C18H17NO7. The number of nitro benzene ring substituents is 1. The minimum absolute atomic E-state index is 0.295. The molecule has 0 aliphatic carbocycles. The number of rotatable bonds is 7. The first-order chi connectivity index (χ1) is 12.4. The monoisotopic (exact) mass is 359 g/mol. The van der Waals surface area contributed by atoms with E-state index in [9.17, 15) is 20.0 Å². The third-order valence-electron chi connectivity index (χ3n) is 3.57. The normalized spacial score (nSPS) is 10.6. The fourth-order valence-corrected chi connectivity index (χ4v) is 2.28. The predicted molar refractivity (Wildman–Crippen MR) is 94.2 cm³/mol. The Hall–Kier alpha value is -3.55. The Bertz CT molecular complexity index is 849. The molecule has 26 heavy (non-hydrogen) atoms. The molecule has 1 N–H and O–H groups in total. The fourth-order valence-electron chi connectivity index (χ4n) is 2.28. The van der Waals surface area contributed by atoms with E-state index in [1.54, 1.807) is 0 Å². The average Bonchev–Trinajstić information content (AvgIpc) is 2.65. The molecule has 0 saturated heterocycles. The number of ether oxygens (including phenoxy) is 3. The highest BCUT2D eigenvalue weighted by atomic mass is 16.6. The Morgan fingerprint density at radius 2 is 1.69 bits per heavy atom. The van der Waals surface area contributed by atoms with Crippen LogP contribution in [0.15, 0.2) is 36.4 Å². The number of methoxy groups -OCH3 is 3. The smallest absolute Gasteiger partial charge is 0.311 e. The van der Waals surface area contributed by atoms with Crippen LogP contribution < -0.4 is 14.2 Å². The minimum Gasteiger partial charge on any atom is -0.502 e. The van der Waals surface area contributed by atoms with Gasteiger partial charge in [-0.15, -0.1) is 0 Å². The Morgan fingerprint density at radius 3 is 2.19 bits per heavy atom. The van der Waals surface area contributed by atoms with Crippen LogP contribution in [0.25, 0.3) is 6.08 Å². The molecule has 0 aliphatic heterocycles. The van der Waals surface area contributed by atoms with E-state index in [-0.39, 0.29) is 5.78 Å². The van der Waals surface area contributed by atoms with Crippen molar-refractivity contribution in [1.82, 2.24) is 0 Å². The number of phenolic OH excluding ortho intramolecular Hbond substituents is 1. The lowest BCUT2D eigenvalue weighted by Crippen LogP contribution is -2.00. The van der Waals surface area contributed by atoms with Crippen molar-refractivity contribution in [2.45, 2.75) is 0 Å². The lowest BCUT2D eigenvalue weighted by Gasteiger charge is -2.13. The molecule has 0 heterocycles. The number of ketones is 1. The molecule has 0 fully saturated rings. The highest BCUT2D eigenvalue weighted by Crippen LogP contribution is 2.38. The van der Waals surface area contributed by atoms with Gasteiger partial charge in [-0.25, -0.2) is 0 Å². The molecule has 0 spiro atoms. The number of nitrogens with zero attached hydrogens (tertiary/aromatic N) is 1. The summed E-state index contributed by atoms with van der Waals surface area (Å²) in [6.45, 7) is 0. The molecular weight excluding hydrogens is 342 g/mol. The van der Waals surface area contributed by atoms with Crippen LogP contribution in [0.3, 0.4) is 0 Å². The summed E-state index contributed by atoms with van der Waals surface area (Å²) in [4.78, 5) is 22.6. The molecule has 0 atom stereocenters. The second kappa shape index (κ2) is 8.02. The molecule has 2 aromatic carbocycles. The van der Waals surface area contributed by atoms with Crippen molar-refractivity contribution < 1.29 is 29.0 Å². The summed E-state index contributed by atoms with van der Waals surface area (Å²) < 4.78 is 15.6. The summed E-state index contributed by atoms with van der Waals surface area (Å²) in [7, 11) is 4.34. The molecule has 0 bridgehead atoms. The highest BCUT2D eigenvalue weighted by molar-refractivity contribution is 6.07. The zero-order chi connectivity index (χ0) is 19.3. The van der Waals surface area contributed by atoms with E-state index < -0.39 is 16.4 Å². The first-order valence-corrected chi connectivity index (χ1v) is 7.41. The number of hydrogen-bond acceptors (Lipinski definition) is 7. The van der Waals surface area contributed by atoms with Gasteiger partial charge in [0.25, 0.3) is 0 Å². The Morgan fingerprint density at radius 1 is 1.08 bits per heavy atom. The van der Waals surface area contributed by atoms with Crippen molar-refractivity contribution in [3.05, 3.63) is 57.6 Å². The number of phenols is 1. The van der Waals surface area contributed by atoms with Crippen molar-refractivity contribution in [3.8, 4) is 23.0 Å². The van der Waals surface area contributed by atoms with E-state index in [0.717, 1.165) is 0 Å². The van der Waals surface area contributed by atoms with Gasteiger partial charge in [0, 0.05) is 11.6 Å². The maximum absolute atomic E-state index is 12.4. The second-order valence-corrected chi connectivity index (χ2v) is 5.12. The van der Waals surface area contributed by atoms with E-state index in [0.29, 0.717) is 28.4 Å². The zero-order valence-electron chi connectivity index (χ0n) is 14.4. The summed E-state index contributed by atoms with van der Waals surface area (Å²) in [5, 5.41) is 20.3.